The zero-order chi connectivity index (χ0) is 18.5. The van der Waals surface area contributed by atoms with Gasteiger partial charge in [-0.05, 0) is 50.3 Å². The smallest absolute Gasteiger partial charge is 0.276 e. The average Bonchev–Trinajstić information content (AvgIpc) is 3.37. The van der Waals surface area contributed by atoms with Crippen LogP contribution in [0.1, 0.15) is 51.4 Å². The van der Waals surface area contributed by atoms with E-state index < -0.39 is 6.04 Å². The van der Waals surface area contributed by atoms with Gasteiger partial charge in [0.2, 0.25) is 5.91 Å². The van der Waals surface area contributed by atoms with Gasteiger partial charge in [-0.3, -0.25) is 19.5 Å². The van der Waals surface area contributed by atoms with Crippen molar-refractivity contribution in [2.45, 2.75) is 38.1 Å². The molecular weight excluding hydrogens is 346 g/mol. The van der Waals surface area contributed by atoms with E-state index in [1.54, 1.807) is 23.1 Å². The molecule has 3 heterocycles. The molecule has 1 aliphatic carbocycles. The van der Waals surface area contributed by atoms with Gasteiger partial charge in [-0.1, -0.05) is 0 Å². The third-order valence-electron chi connectivity index (χ3n) is 5.60. The van der Waals surface area contributed by atoms with Crippen LogP contribution in [0.4, 0.5) is 11.4 Å². The van der Waals surface area contributed by atoms with Crippen molar-refractivity contribution < 1.29 is 14.4 Å². The molecule has 0 saturated carbocycles. The highest BCUT2D eigenvalue weighted by atomic mass is 16.2. The van der Waals surface area contributed by atoms with Gasteiger partial charge in [0, 0.05) is 23.5 Å². The summed E-state index contributed by atoms with van der Waals surface area (Å²) >= 11 is 0. The monoisotopic (exact) mass is 365 g/mol. The second-order valence-corrected chi connectivity index (χ2v) is 7.24. The number of aryl methyl sites for hydroxylation is 1. The molecule has 0 radical (unpaired) electrons. The van der Waals surface area contributed by atoms with E-state index in [0.29, 0.717) is 35.6 Å². The maximum absolute atomic E-state index is 12.9. The molecule has 8 nitrogen and oxygen atoms in total. The standard InChI is InChI=1S/C19H19N5O3/c25-17-15-5-2-8-24(15)19(27)12-9-10(6-7-13(12)21-17)20-18(26)16-11-3-1-4-14(11)22-23-16/h6-7,9,15H,1-5,8H2,(H,20,26)(H,21,25)(H,22,23)/t15-/m0/s1. The number of hydrogen-bond acceptors (Lipinski definition) is 4. The molecule has 3 aliphatic rings. The van der Waals surface area contributed by atoms with E-state index in [1.165, 1.54) is 0 Å². The van der Waals surface area contributed by atoms with E-state index in [-0.39, 0.29) is 17.7 Å². The molecule has 2 aromatic rings. The Morgan fingerprint density at radius 1 is 1.22 bits per heavy atom. The van der Waals surface area contributed by atoms with Gasteiger partial charge in [0.1, 0.15) is 6.04 Å². The largest absolute Gasteiger partial charge is 0.327 e. The zero-order valence-electron chi connectivity index (χ0n) is 14.7. The summed E-state index contributed by atoms with van der Waals surface area (Å²) in [5.41, 5.74) is 3.81. The number of benzene rings is 1. The summed E-state index contributed by atoms with van der Waals surface area (Å²) in [6.45, 7) is 0.576. The number of carbonyl (C=O) groups is 3. The Morgan fingerprint density at radius 2 is 2.11 bits per heavy atom. The molecule has 1 aromatic carbocycles. The maximum atomic E-state index is 12.9. The number of amides is 3. The molecular formula is C19H19N5O3. The van der Waals surface area contributed by atoms with E-state index in [4.69, 9.17) is 0 Å². The molecule has 0 unspecified atom stereocenters. The van der Waals surface area contributed by atoms with Crippen LogP contribution in [-0.2, 0) is 17.6 Å². The third-order valence-corrected chi connectivity index (χ3v) is 5.60. The van der Waals surface area contributed by atoms with Gasteiger partial charge in [-0.2, -0.15) is 5.10 Å². The van der Waals surface area contributed by atoms with Crippen LogP contribution in [0.25, 0.3) is 0 Å². The topological polar surface area (TPSA) is 107 Å². The minimum absolute atomic E-state index is 0.150. The van der Waals surface area contributed by atoms with Gasteiger partial charge in [0.25, 0.3) is 11.8 Å². The quantitative estimate of drug-likeness (QED) is 0.753. The molecule has 138 valence electrons. The summed E-state index contributed by atoms with van der Waals surface area (Å²) in [5.74, 6) is -0.621. The molecule has 8 heteroatoms. The summed E-state index contributed by atoms with van der Waals surface area (Å²) in [6, 6.07) is 4.57. The molecule has 0 spiro atoms. The van der Waals surface area contributed by atoms with Crippen LogP contribution in [0.3, 0.4) is 0 Å². The molecule has 1 saturated heterocycles. The molecule has 3 amide bonds. The highest BCUT2D eigenvalue weighted by Crippen LogP contribution is 2.31. The van der Waals surface area contributed by atoms with Crippen LogP contribution in [0.5, 0.6) is 0 Å². The lowest BCUT2D eigenvalue weighted by atomic mass is 10.1. The van der Waals surface area contributed by atoms with Crippen molar-refractivity contribution in [2.75, 3.05) is 17.2 Å². The highest BCUT2D eigenvalue weighted by Gasteiger charge is 2.38. The number of anilines is 2. The van der Waals surface area contributed by atoms with Crippen molar-refractivity contribution >= 4 is 29.1 Å². The second-order valence-electron chi connectivity index (χ2n) is 7.24. The molecule has 0 bridgehead atoms. The maximum Gasteiger partial charge on any atom is 0.276 e. The Bertz CT molecular complexity index is 980. The second kappa shape index (κ2) is 5.94. The molecule has 27 heavy (non-hydrogen) atoms. The van der Waals surface area contributed by atoms with Gasteiger partial charge in [-0.25, -0.2) is 0 Å². The van der Waals surface area contributed by atoms with Gasteiger partial charge in [0.15, 0.2) is 5.69 Å². The van der Waals surface area contributed by atoms with Crippen molar-refractivity contribution in [1.29, 1.82) is 0 Å². The van der Waals surface area contributed by atoms with Crippen LogP contribution in [-0.4, -0.2) is 45.4 Å². The van der Waals surface area contributed by atoms with Crippen LogP contribution >= 0.6 is 0 Å². The molecule has 1 aromatic heterocycles. The Kier molecular flexibility index (Phi) is 3.53. The van der Waals surface area contributed by atoms with E-state index in [1.807, 2.05) is 0 Å². The summed E-state index contributed by atoms with van der Waals surface area (Å²) in [5, 5.41) is 12.7. The molecule has 2 aliphatic heterocycles. The summed E-state index contributed by atoms with van der Waals surface area (Å²) in [4.78, 5) is 39.5. The van der Waals surface area contributed by atoms with E-state index in [9.17, 15) is 14.4 Å². The van der Waals surface area contributed by atoms with Crippen molar-refractivity contribution in [3.05, 3.63) is 40.7 Å². The number of aromatic nitrogens is 2. The number of hydrogen-bond donors (Lipinski definition) is 3. The predicted octanol–water partition coefficient (Wildman–Crippen LogP) is 1.71. The number of nitrogens with one attached hydrogen (secondary N) is 3. The highest BCUT2D eigenvalue weighted by molar-refractivity contribution is 6.11. The number of carbonyl (C=O) groups excluding carboxylic acids is 3. The number of rotatable bonds is 2. The third kappa shape index (κ3) is 2.51. The summed E-state index contributed by atoms with van der Waals surface area (Å²) in [6.07, 6.45) is 4.28. The minimum Gasteiger partial charge on any atom is -0.327 e. The van der Waals surface area contributed by atoms with E-state index in [2.05, 4.69) is 20.8 Å². The average molecular weight is 365 g/mol. The lowest BCUT2D eigenvalue weighted by Gasteiger charge is -2.20. The van der Waals surface area contributed by atoms with E-state index >= 15 is 0 Å². The number of fused-ring (bicyclic) bond motifs is 3. The lowest BCUT2D eigenvalue weighted by molar-refractivity contribution is -0.119. The number of H-pyrrole nitrogens is 1. The number of aromatic amines is 1. The van der Waals surface area contributed by atoms with Gasteiger partial charge >= 0.3 is 0 Å². The van der Waals surface area contributed by atoms with Gasteiger partial charge < -0.3 is 15.5 Å². The predicted molar refractivity (Wildman–Crippen MR) is 97.7 cm³/mol. The molecule has 5 rings (SSSR count). The van der Waals surface area contributed by atoms with Crippen LogP contribution in [0, 0.1) is 0 Å². The lowest BCUT2D eigenvalue weighted by Crippen LogP contribution is -2.40. The fourth-order valence-corrected chi connectivity index (χ4v) is 4.26. The SMILES string of the molecule is O=C(Nc1ccc2c(c1)C(=O)N1CCC[C@H]1C(=O)N2)c1n[nH]c2c1CCC2. The fourth-order valence-electron chi connectivity index (χ4n) is 4.26. The molecule has 1 atom stereocenters. The first-order chi connectivity index (χ1) is 13.1. The van der Waals surface area contributed by atoms with Crippen LogP contribution in [0.15, 0.2) is 18.2 Å². The van der Waals surface area contributed by atoms with Crippen molar-refractivity contribution in [3.63, 3.8) is 0 Å². The minimum atomic E-state index is -0.408. The van der Waals surface area contributed by atoms with Gasteiger partial charge in [-0.15, -0.1) is 0 Å². The molecule has 3 N–H and O–H groups in total. The first-order valence-electron chi connectivity index (χ1n) is 9.25. The first-order valence-corrected chi connectivity index (χ1v) is 9.25. The molecule has 1 fully saturated rings. The summed E-state index contributed by atoms with van der Waals surface area (Å²) < 4.78 is 0. The van der Waals surface area contributed by atoms with Crippen molar-refractivity contribution in [2.24, 2.45) is 0 Å². The van der Waals surface area contributed by atoms with E-state index in [0.717, 1.165) is 36.9 Å². The zero-order valence-corrected chi connectivity index (χ0v) is 14.7. The van der Waals surface area contributed by atoms with Crippen molar-refractivity contribution in [3.8, 4) is 0 Å². The normalized spacial score (nSPS) is 20.6. The van der Waals surface area contributed by atoms with Crippen LogP contribution in [0.2, 0.25) is 0 Å². The van der Waals surface area contributed by atoms with Crippen molar-refractivity contribution in [1.82, 2.24) is 15.1 Å². The summed E-state index contributed by atoms with van der Waals surface area (Å²) in [7, 11) is 0. The Hall–Kier alpha value is -3.16. The van der Waals surface area contributed by atoms with Crippen LogP contribution < -0.4 is 10.6 Å². The van der Waals surface area contributed by atoms with Gasteiger partial charge in [0.05, 0.1) is 11.3 Å². The Balaban J connectivity index is 1.44. The first kappa shape index (κ1) is 16.0. The Labute approximate surface area is 155 Å². The Morgan fingerprint density at radius 3 is 3.00 bits per heavy atom. The fraction of sp³-hybridized carbons (Fsp3) is 0.368. The number of nitrogens with zero attached hydrogens (tertiary/aromatic N) is 2.